The summed E-state index contributed by atoms with van der Waals surface area (Å²) in [4.78, 5) is 10.5. The SMILES string of the molecule is B[C@H]1CC[C@H]1NC(C)=O. The maximum atomic E-state index is 10.5. The first-order valence-electron chi connectivity index (χ1n) is 3.47. The molecule has 0 aliphatic heterocycles. The summed E-state index contributed by atoms with van der Waals surface area (Å²) < 4.78 is 0. The topological polar surface area (TPSA) is 29.1 Å². The van der Waals surface area contributed by atoms with E-state index in [0.717, 1.165) is 0 Å². The maximum absolute atomic E-state index is 10.5. The fraction of sp³-hybridized carbons (Fsp3) is 0.833. The van der Waals surface area contributed by atoms with Crippen LogP contribution in [0.2, 0.25) is 5.82 Å². The van der Waals surface area contributed by atoms with Gasteiger partial charge in [0.2, 0.25) is 5.91 Å². The van der Waals surface area contributed by atoms with E-state index in [4.69, 9.17) is 0 Å². The Morgan fingerprint density at radius 3 is 2.44 bits per heavy atom. The summed E-state index contributed by atoms with van der Waals surface area (Å²) in [5.41, 5.74) is 0. The summed E-state index contributed by atoms with van der Waals surface area (Å²) in [6.07, 6.45) is 2.44. The highest BCUT2D eigenvalue weighted by Gasteiger charge is 2.26. The normalized spacial score (nSPS) is 33.0. The number of amides is 1. The van der Waals surface area contributed by atoms with E-state index in [1.807, 2.05) is 0 Å². The average molecular weight is 125 g/mol. The van der Waals surface area contributed by atoms with Crippen molar-refractivity contribution >= 4 is 13.8 Å². The zero-order valence-electron chi connectivity index (χ0n) is 5.98. The monoisotopic (exact) mass is 125 g/mol. The molecule has 0 unspecified atom stereocenters. The van der Waals surface area contributed by atoms with Crippen LogP contribution in [0.3, 0.4) is 0 Å². The molecule has 0 saturated heterocycles. The van der Waals surface area contributed by atoms with E-state index in [9.17, 15) is 4.79 Å². The highest BCUT2D eigenvalue weighted by molar-refractivity contribution is 6.13. The second kappa shape index (κ2) is 2.42. The third-order valence-electron chi connectivity index (χ3n) is 2.01. The minimum absolute atomic E-state index is 0.103. The minimum atomic E-state index is 0.103. The van der Waals surface area contributed by atoms with Crippen molar-refractivity contribution in [2.75, 3.05) is 0 Å². The average Bonchev–Trinajstić information content (AvgIpc) is 1.79. The van der Waals surface area contributed by atoms with Crippen LogP contribution < -0.4 is 5.32 Å². The predicted octanol–water partition coefficient (Wildman–Crippen LogP) is -0.294. The third kappa shape index (κ3) is 1.47. The molecule has 2 nitrogen and oxygen atoms in total. The zero-order valence-corrected chi connectivity index (χ0v) is 5.98. The first-order chi connectivity index (χ1) is 4.20. The summed E-state index contributed by atoms with van der Waals surface area (Å²) in [5, 5.41) is 2.89. The van der Waals surface area contributed by atoms with Gasteiger partial charge in [-0.25, -0.2) is 0 Å². The molecule has 0 spiro atoms. The molecule has 2 atom stereocenters. The van der Waals surface area contributed by atoms with Gasteiger partial charge >= 0.3 is 0 Å². The second-order valence-corrected chi connectivity index (χ2v) is 2.86. The lowest BCUT2D eigenvalue weighted by Gasteiger charge is -2.34. The predicted molar refractivity (Wildman–Crippen MR) is 39.1 cm³/mol. The third-order valence-corrected chi connectivity index (χ3v) is 2.01. The molecule has 1 aliphatic carbocycles. The van der Waals surface area contributed by atoms with Gasteiger partial charge in [0.05, 0.1) is 0 Å². The molecule has 1 amide bonds. The maximum Gasteiger partial charge on any atom is 0.217 e. The van der Waals surface area contributed by atoms with Gasteiger partial charge in [-0.05, 0) is 12.2 Å². The molecule has 0 aromatic heterocycles. The van der Waals surface area contributed by atoms with Crippen LogP contribution in [0.15, 0.2) is 0 Å². The lowest BCUT2D eigenvalue weighted by Crippen LogP contribution is -2.42. The van der Waals surface area contributed by atoms with Crippen molar-refractivity contribution in [3.63, 3.8) is 0 Å². The smallest absolute Gasteiger partial charge is 0.217 e. The van der Waals surface area contributed by atoms with Gasteiger partial charge in [-0.3, -0.25) is 4.79 Å². The van der Waals surface area contributed by atoms with Gasteiger partial charge in [-0.2, -0.15) is 0 Å². The molecule has 0 bridgehead atoms. The minimum Gasteiger partial charge on any atom is -0.354 e. The Labute approximate surface area is 56.4 Å². The van der Waals surface area contributed by atoms with Crippen molar-refractivity contribution in [2.45, 2.75) is 31.6 Å². The van der Waals surface area contributed by atoms with Crippen LogP contribution in [0.25, 0.3) is 0 Å². The van der Waals surface area contributed by atoms with E-state index >= 15 is 0 Å². The van der Waals surface area contributed by atoms with Crippen molar-refractivity contribution in [3.8, 4) is 0 Å². The summed E-state index contributed by atoms with van der Waals surface area (Å²) in [5.74, 6) is 0.806. The van der Waals surface area contributed by atoms with Crippen LogP contribution in [-0.2, 0) is 4.79 Å². The van der Waals surface area contributed by atoms with Crippen LogP contribution in [0, 0.1) is 0 Å². The number of carbonyl (C=O) groups is 1. The van der Waals surface area contributed by atoms with E-state index < -0.39 is 0 Å². The van der Waals surface area contributed by atoms with Crippen molar-refractivity contribution in [1.82, 2.24) is 5.32 Å². The van der Waals surface area contributed by atoms with Crippen LogP contribution in [0.4, 0.5) is 0 Å². The molecule has 0 radical (unpaired) electrons. The molecule has 1 aliphatic rings. The van der Waals surface area contributed by atoms with E-state index in [1.165, 1.54) is 12.8 Å². The number of carbonyl (C=O) groups excluding carboxylic acids is 1. The summed E-state index contributed by atoms with van der Waals surface area (Å²) in [6, 6.07) is 0.475. The largest absolute Gasteiger partial charge is 0.354 e. The van der Waals surface area contributed by atoms with E-state index in [2.05, 4.69) is 13.2 Å². The highest BCUT2D eigenvalue weighted by atomic mass is 16.1. The fourth-order valence-electron chi connectivity index (χ4n) is 1.14. The lowest BCUT2D eigenvalue weighted by molar-refractivity contribution is -0.120. The Hall–Kier alpha value is -0.465. The Morgan fingerprint density at radius 2 is 2.33 bits per heavy atom. The van der Waals surface area contributed by atoms with Crippen molar-refractivity contribution in [1.29, 1.82) is 0 Å². The van der Waals surface area contributed by atoms with Crippen LogP contribution in [0.1, 0.15) is 19.8 Å². The quantitative estimate of drug-likeness (QED) is 0.479. The van der Waals surface area contributed by atoms with Crippen molar-refractivity contribution < 1.29 is 4.79 Å². The molecule has 1 saturated carbocycles. The number of nitrogens with one attached hydrogen (secondary N) is 1. The molecule has 0 aromatic carbocycles. The van der Waals surface area contributed by atoms with E-state index in [-0.39, 0.29) is 5.91 Å². The molecule has 0 heterocycles. The second-order valence-electron chi connectivity index (χ2n) is 2.86. The van der Waals surface area contributed by atoms with E-state index in [0.29, 0.717) is 11.9 Å². The molecule has 1 N–H and O–H groups in total. The van der Waals surface area contributed by atoms with Gasteiger partial charge in [-0.15, -0.1) is 0 Å². The summed E-state index contributed by atoms with van der Waals surface area (Å²) in [6.45, 7) is 1.57. The molecular weight excluding hydrogens is 113 g/mol. The Balaban J connectivity index is 2.21. The Kier molecular flexibility index (Phi) is 1.79. The molecule has 1 rings (SSSR count). The van der Waals surface area contributed by atoms with Crippen molar-refractivity contribution in [2.24, 2.45) is 0 Å². The van der Waals surface area contributed by atoms with Gasteiger partial charge in [0.15, 0.2) is 0 Å². The summed E-state index contributed by atoms with van der Waals surface area (Å²) >= 11 is 0. The van der Waals surface area contributed by atoms with Crippen LogP contribution in [0.5, 0.6) is 0 Å². The van der Waals surface area contributed by atoms with Gasteiger partial charge in [-0.1, -0.05) is 6.42 Å². The van der Waals surface area contributed by atoms with Crippen molar-refractivity contribution in [3.05, 3.63) is 0 Å². The van der Waals surface area contributed by atoms with E-state index in [1.54, 1.807) is 6.92 Å². The zero-order chi connectivity index (χ0) is 6.85. The van der Waals surface area contributed by atoms with Crippen LogP contribution in [-0.4, -0.2) is 19.8 Å². The molecule has 0 aromatic rings. The molecule has 50 valence electrons. The number of rotatable bonds is 1. The van der Waals surface area contributed by atoms with Gasteiger partial charge in [0.1, 0.15) is 7.85 Å². The first kappa shape index (κ1) is 6.65. The highest BCUT2D eigenvalue weighted by Crippen LogP contribution is 2.29. The first-order valence-corrected chi connectivity index (χ1v) is 3.47. The number of hydrogen-bond acceptors (Lipinski definition) is 1. The molecule has 3 heteroatoms. The van der Waals surface area contributed by atoms with Crippen LogP contribution >= 0.6 is 0 Å². The molecule has 1 fully saturated rings. The fourth-order valence-corrected chi connectivity index (χ4v) is 1.14. The standard InChI is InChI=1S/C6H12BNO/c1-4(9)8-6-3-2-5(6)7/h5-6H,2-3,7H2,1H3,(H,8,9)/t5-,6+/m0/s1. The van der Waals surface area contributed by atoms with Gasteiger partial charge in [0.25, 0.3) is 0 Å². The molecular formula is C6H12BNO. The lowest BCUT2D eigenvalue weighted by atomic mass is 9.67. The van der Waals surface area contributed by atoms with Gasteiger partial charge in [0, 0.05) is 13.0 Å². The summed E-state index contributed by atoms with van der Waals surface area (Å²) in [7, 11) is 2.17. The Bertz CT molecular complexity index is 126. The Morgan fingerprint density at radius 1 is 1.67 bits per heavy atom. The van der Waals surface area contributed by atoms with Gasteiger partial charge < -0.3 is 5.32 Å². The number of hydrogen-bond donors (Lipinski definition) is 1. The molecule has 9 heavy (non-hydrogen) atoms.